The molecule has 3 N–H and O–H groups in total. The molecule has 0 aliphatic carbocycles. The van der Waals surface area contributed by atoms with Crippen molar-refractivity contribution in [2.24, 2.45) is 11.7 Å². The Balaban J connectivity index is 1.90. The number of hydrogen-bond donors (Lipinski definition) is 2. The van der Waals surface area contributed by atoms with E-state index in [0.717, 1.165) is 0 Å². The molecule has 0 saturated carbocycles. The zero-order chi connectivity index (χ0) is 15.4. The third-order valence-corrected chi connectivity index (χ3v) is 3.87. The number of thiocarbonyl (C=S) groups is 1. The van der Waals surface area contributed by atoms with Gasteiger partial charge in [0.2, 0.25) is 5.91 Å². The molecule has 1 aromatic rings. The van der Waals surface area contributed by atoms with Crippen LogP contribution in [0.3, 0.4) is 0 Å². The number of anilines is 1. The second-order valence-corrected chi connectivity index (χ2v) is 5.28. The number of carbonyl (C=O) groups is 1. The molecule has 1 amide bonds. The van der Waals surface area contributed by atoms with Gasteiger partial charge in [-0.15, -0.1) is 0 Å². The summed E-state index contributed by atoms with van der Waals surface area (Å²) in [7, 11) is 0. The van der Waals surface area contributed by atoms with Gasteiger partial charge in [0.15, 0.2) is 5.11 Å². The van der Waals surface area contributed by atoms with Gasteiger partial charge in [-0.25, -0.2) is 0 Å². The first kappa shape index (κ1) is 15.2. The van der Waals surface area contributed by atoms with Gasteiger partial charge in [0.1, 0.15) is 0 Å². The number of benzene rings is 1. The molecule has 1 fully saturated rings. The lowest BCUT2D eigenvalue weighted by atomic mass is 9.97. The van der Waals surface area contributed by atoms with Crippen molar-refractivity contribution in [1.82, 2.24) is 4.90 Å². The fraction of sp³-hybridized carbons (Fsp3) is 0.385. The molecule has 8 heteroatoms. The summed E-state index contributed by atoms with van der Waals surface area (Å²) in [6.45, 7) is 1.35. The number of carbonyl (C=O) groups excluding carboxylic acids is 1. The molecule has 1 heterocycles. The van der Waals surface area contributed by atoms with Gasteiger partial charge in [-0.05, 0) is 37.2 Å². The first-order chi connectivity index (χ1) is 9.97. The molecule has 2 rings (SSSR count). The molecular formula is C13H16N4O3S. The van der Waals surface area contributed by atoms with Crippen LogP contribution in [0.15, 0.2) is 24.3 Å². The van der Waals surface area contributed by atoms with Crippen molar-refractivity contribution in [2.45, 2.75) is 12.8 Å². The summed E-state index contributed by atoms with van der Waals surface area (Å²) in [5.74, 6) is -0.340. The topological polar surface area (TPSA) is 102 Å². The van der Waals surface area contributed by atoms with Crippen molar-refractivity contribution >= 4 is 34.6 Å². The van der Waals surface area contributed by atoms with E-state index in [1.807, 2.05) is 4.90 Å². The number of primary amides is 1. The van der Waals surface area contributed by atoms with Crippen LogP contribution in [0, 0.1) is 16.0 Å². The van der Waals surface area contributed by atoms with E-state index in [1.54, 1.807) is 12.1 Å². The molecule has 1 aliphatic rings. The molecule has 21 heavy (non-hydrogen) atoms. The normalized spacial score (nSPS) is 15.5. The number of rotatable bonds is 3. The van der Waals surface area contributed by atoms with Crippen LogP contribution in [0.25, 0.3) is 0 Å². The second kappa shape index (κ2) is 6.49. The van der Waals surface area contributed by atoms with Crippen LogP contribution >= 0.6 is 12.2 Å². The SMILES string of the molecule is NC(=O)C1CCN(C(=S)Nc2ccc([N+](=O)[O-])cc2)CC1. The number of likely N-dealkylation sites (tertiary alicyclic amines) is 1. The first-order valence-electron chi connectivity index (χ1n) is 6.57. The maximum Gasteiger partial charge on any atom is 0.269 e. The molecule has 0 bridgehead atoms. The van der Waals surface area contributed by atoms with Crippen LogP contribution in [0.5, 0.6) is 0 Å². The average Bonchev–Trinajstić information content (AvgIpc) is 2.47. The smallest absolute Gasteiger partial charge is 0.269 e. The van der Waals surface area contributed by atoms with Crippen LogP contribution < -0.4 is 11.1 Å². The molecular weight excluding hydrogens is 292 g/mol. The van der Waals surface area contributed by atoms with Crippen LogP contribution in [-0.2, 0) is 4.79 Å². The molecule has 0 radical (unpaired) electrons. The Kier molecular flexibility index (Phi) is 4.69. The molecule has 0 spiro atoms. The average molecular weight is 308 g/mol. The molecule has 1 aromatic carbocycles. The number of nitrogens with two attached hydrogens (primary N) is 1. The van der Waals surface area contributed by atoms with E-state index in [-0.39, 0.29) is 17.5 Å². The lowest BCUT2D eigenvalue weighted by Crippen LogP contribution is -2.43. The third kappa shape index (κ3) is 3.88. The fourth-order valence-electron chi connectivity index (χ4n) is 2.24. The zero-order valence-electron chi connectivity index (χ0n) is 11.3. The minimum atomic E-state index is -0.448. The fourth-order valence-corrected chi connectivity index (χ4v) is 2.54. The van der Waals surface area contributed by atoms with E-state index in [2.05, 4.69) is 5.32 Å². The molecule has 0 unspecified atom stereocenters. The maximum atomic E-state index is 11.1. The Bertz CT molecular complexity index is 553. The predicted octanol–water partition coefficient (Wildman–Crippen LogP) is 1.49. The van der Waals surface area contributed by atoms with Crippen LogP contribution in [0.1, 0.15) is 12.8 Å². The zero-order valence-corrected chi connectivity index (χ0v) is 12.1. The second-order valence-electron chi connectivity index (χ2n) is 4.90. The summed E-state index contributed by atoms with van der Waals surface area (Å²) in [6.07, 6.45) is 1.38. The van der Waals surface area contributed by atoms with Gasteiger partial charge in [-0.1, -0.05) is 0 Å². The molecule has 7 nitrogen and oxygen atoms in total. The van der Waals surface area contributed by atoms with Gasteiger partial charge in [0, 0.05) is 36.8 Å². The van der Waals surface area contributed by atoms with Crippen molar-refractivity contribution < 1.29 is 9.72 Å². The third-order valence-electron chi connectivity index (χ3n) is 3.51. The number of non-ortho nitro benzene ring substituents is 1. The van der Waals surface area contributed by atoms with Crippen molar-refractivity contribution in [1.29, 1.82) is 0 Å². The lowest BCUT2D eigenvalue weighted by molar-refractivity contribution is -0.384. The summed E-state index contributed by atoms with van der Waals surface area (Å²) in [4.78, 5) is 23.2. The number of nitro benzene ring substituents is 1. The van der Waals surface area contributed by atoms with E-state index in [9.17, 15) is 14.9 Å². The van der Waals surface area contributed by atoms with E-state index in [1.165, 1.54) is 12.1 Å². The highest BCUT2D eigenvalue weighted by Crippen LogP contribution is 2.19. The van der Waals surface area contributed by atoms with E-state index in [0.29, 0.717) is 36.7 Å². The van der Waals surface area contributed by atoms with Crippen molar-refractivity contribution in [3.63, 3.8) is 0 Å². The quantitative estimate of drug-likeness (QED) is 0.498. The van der Waals surface area contributed by atoms with Gasteiger partial charge in [-0.2, -0.15) is 0 Å². The largest absolute Gasteiger partial charge is 0.369 e. The Labute approximate surface area is 127 Å². The van der Waals surface area contributed by atoms with Crippen molar-refractivity contribution in [3.05, 3.63) is 34.4 Å². The molecule has 112 valence electrons. The Morgan fingerprint density at radius 3 is 2.38 bits per heavy atom. The Morgan fingerprint density at radius 2 is 1.90 bits per heavy atom. The van der Waals surface area contributed by atoms with Crippen molar-refractivity contribution in [3.8, 4) is 0 Å². The number of nitro groups is 1. The minimum Gasteiger partial charge on any atom is -0.369 e. The van der Waals surface area contributed by atoms with Crippen LogP contribution in [-0.4, -0.2) is 33.9 Å². The summed E-state index contributed by atoms with van der Waals surface area (Å²) in [5, 5.41) is 14.2. The standard InChI is InChI=1S/C13H16N4O3S/c14-12(18)9-5-7-16(8-6-9)13(21)15-10-1-3-11(4-2-10)17(19)20/h1-4,9H,5-8H2,(H2,14,18)(H,15,21). The summed E-state index contributed by atoms with van der Waals surface area (Å²) < 4.78 is 0. The Hall–Kier alpha value is -2.22. The monoisotopic (exact) mass is 308 g/mol. The highest BCUT2D eigenvalue weighted by molar-refractivity contribution is 7.80. The predicted molar refractivity (Wildman–Crippen MR) is 82.8 cm³/mol. The maximum absolute atomic E-state index is 11.1. The number of nitrogens with one attached hydrogen (secondary N) is 1. The van der Waals surface area contributed by atoms with Gasteiger partial charge in [-0.3, -0.25) is 14.9 Å². The summed E-state index contributed by atoms with van der Waals surface area (Å²) >= 11 is 5.31. The minimum absolute atomic E-state index is 0.0359. The summed E-state index contributed by atoms with van der Waals surface area (Å²) in [5.41, 5.74) is 6.02. The highest BCUT2D eigenvalue weighted by atomic mass is 32.1. The van der Waals surface area contributed by atoms with E-state index >= 15 is 0 Å². The highest BCUT2D eigenvalue weighted by Gasteiger charge is 2.24. The lowest BCUT2D eigenvalue weighted by Gasteiger charge is -2.32. The number of hydrogen-bond acceptors (Lipinski definition) is 4. The molecule has 0 aromatic heterocycles. The van der Waals surface area contributed by atoms with Gasteiger partial charge >= 0.3 is 0 Å². The van der Waals surface area contributed by atoms with E-state index < -0.39 is 4.92 Å². The number of amides is 1. The number of nitrogens with zero attached hydrogens (tertiary/aromatic N) is 2. The van der Waals surface area contributed by atoms with Gasteiger partial charge in [0.25, 0.3) is 5.69 Å². The first-order valence-corrected chi connectivity index (χ1v) is 6.98. The Morgan fingerprint density at radius 1 is 1.33 bits per heavy atom. The van der Waals surface area contributed by atoms with E-state index in [4.69, 9.17) is 18.0 Å². The summed E-state index contributed by atoms with van der Waals surface area (Å²) in [6, 6.07) is 6.07. The van der Waals surface area contributed by atoms with Crippen LogP contribution in [0.4, 0.5) is 11.4 Å². The van der Waals surface area contributed by atoms with Crippen LogP contribution in [0.2, 0.25) is 0 Å². The molecule has 0 atom stereocenters. The molecule has 1 saturated heterocycles. The van der Waals surface area contributed by atoms with Crippen molar-refractivity contribution in [2.75, 3.05) is 18.4 Å². The van der Waals surface area contributed by atoms with Gasteiger partial charge < -0.3 is 16.0 Å². The van der Waals surface area contributed by atoms with Gasteiger partial charge in [0.05, 0.1) is 4.92 Å². The molecule has 1 aliphatic heterocycles. The number of piperidine rings is 1.